The molecule has 3 heteroatoms. The highest BCUT2D eigenvalue weighted by Crippen LogP contribution is 2.22. The van der Waals surface area contributed by atoms with Crippen molar-refractivity contribution in [1.82, 2.24) is 0 Å². The molecule has 66 valence electrons. The lowest BCUT2D eigenvalue weighted by Crippen LogP contribution is -1.99. The van der Waals surface area contributed by atoms with E-state index in [4.69, 9.17) is 17.3 Å². The number of anilines is 2. The molecule has 1 aromatic rings. The molecule has 0 aromatic heterocycles. The Kier molecular flexibility index (Phi) is 3.23. The molecule has 1 rings (SSSR count). The Morgan fingerprint density at radius 2 is 2.25 bits per heavy atom. The Morgan fingerprint density at radius 1 is 1.50 bits per heavy atom. The van der Waals surface area contributed by atoms with Crippen molar-refractivity contribution < 1.29 is 0 Å². The zero-order valence-corrected chi connectivity index (χ0v) is 7.86. The van der Waals surface area contributed by atoms with Crippen molar-refractivity contribution >= 4 is 23.0 Å². The summed E-state index contributed by atoms with van der Waals surface area (Å²) in [6, 6.07) is 5.57. The molecule has 12 heavy (non-hydrogen) atoms. The van der Waals surface area contributed by atoms with Crippen LogP contribution in [-0.2, 0) is 0 Å². The van der Waals surface area contributed by atoms with Gasteiger partial charge in [-0.2, -0.15) is 0 Å². The van der Waals surface area contributed by atoms with E-state index in [1.165, 1.54) is 0 Å². The van der Waals surface area contributed by atoms with E-state index in [1.54, 1.807) is 6.07 Å². The number of nitrogens with one attached hydrogen (secondary N) is 1. The summed E-state index contributed by atoms with van der Waals surface area (Å²) in [5.41, 5.74) is 7.21. The van der Waals surface area contributed by atoms with Gasteiger partial charge in [0.1, 0.15) is 0 Å². The van der Waals surface area contributed by atoms with E-state index in [0.29, 0.717) is 10.7 Å². The van der Waals surface area contributed by atoms with E-state index in [9.17, 15) is 0 Å². The number of halogens is 1. The monoisotopic (exact) mass is 184 g/mol. The first-order valence-corrected chi connectivity index (χ1v) is 4.40. The molecule has 0 saturated carbocycles. The summed E-state index contributed by atoms with van der Waals surface area (Å²) in [7, 11) is 0. The maximum Gasteiger partial charge on any atom is 0.0655 e. The third-order valence-electron chi connectivity index (χ3n) is 1.58. The van der Waals surface area contributed by atoms with E-state index in [2.05, 4.69) is 12.2 Å². The van der Waals surface area contributed by atoms with Crippen LogP contribution in [0.4, 0.5) is 11.4 Å². The summed E-state index contributed by atoms with van der Waals surface area (Å²) in [4.78, 5) is 0. The van der Waals surface area contributed by atoms with Crippen molar-refractivity contribution in [3.8, 4) is 0 Å². The lowest BCUT2D eigenvalue weighted by molar-refractivity contribution is 0.980. The van der Waals surface area contributed by atoms with Crippen LogP contribution in [0.5, 0.6) is 0 Å². The average Bonchev–Trinajstić information content (AvgIpc) is 2.07. The molecule has 0 bridgehead atoms. The van der Waals surface area contributed by atoms with Crippen LogP contribution in [0.15, 0.2) is 18.2 Å². The molecule has 0 spiro atoms. The number of rotatable bonds is 3. The highest BCUT2D eigenvalue weighted by Gasteiger charge is 1.96. The third kappa shape index (κ3) is 2.31. The molecular formula is C9H13ClN2. The first-order chi connectivity index (χ1) is 5.74. The Morgan fingerprint density at radius 3 is 2.83 bits per heavy atom. The van der Waals surface area contributed by atoms with Crippen molar-refractivity contribution in [2.45, 2.75) is 13.3 Å². The topological polar surface area (TPSA) is 38.0 Å². The van der Waals surface area contributed by atoms with Crippen molar-refractivity contribution in [3.63, 3.8) is 0 Å². The van der Waals surface area contributed by atoms with Crippen LogP contribution < -0.4 is 11.1 Å². The van der Waals surface area contributed by atoms with Gasteiger partial charge in [-0.15, -0.1) is 0 Å². The standard InChI is InChI=1S/C9H13ClN2/c1-2-5-12-7-3-4-9(11)8(10)6-7/h3-4,6,12H,2,5,11H2,1H3. The van der Waals surface area contributed by atoms with Gasteiger partial charge >= 0.3 is 0 Å². The third-order valence-corrected chi connectivity index (χ3v) is 1.91. The largest absolute Gasteiger partial charge is 0.398 e. The van der Waals surface area contributed by atoms with E-state index < -0.39 is 0 Å². The van der Waals surface area contributed by atoms with Gasteiger partial charge in [-0.1, -0.05) is 18.5 Å². The Bertz CT molecular complexity index is 261. The van der Waals surface area contributed by atoms with Crippen LogP contribution in [0, 0.1) is 0 Å². The maximum absolute atomic E-state index is 5.83. The summed E-state index contributed by atoms with van der Waals surface area (Å²) < 4.78 is 0. The Labute approximate surface area is 77.7 Å². The second-order valence-corrected chi connectivity index (χ2v) is 3.07. The van der Waals surface area contributed by atoms with Gasteiger partial charge in [0.25, 0.3) is 0 Å². The summed E-state index contributed by atoms with van der Waals surface area (Å²) in [6.07, 6.45) is 1.10. The highest BCUT2D eigenvalue weighted by atomic mass is 35.5. The summed E-state index contributed by atoms with van der Waals surface area (Å²) in [5.74, 6) is 0. The van der Waals surface area contributed by atoms with Crippen molar-refractivity contribution in [2.75, 3.05) is 17.6 Å². The fraction of sp³-hybridized carbons (Fsp3) is 0.333. The van der Waals surface area contributed by atoms with Crippen LogP contribution >= 0.6 is 11.6 Å². The zero-order chi connectivity index (χ0) is 8.97. The van der Waals surface area contributed by atoms with Gasteiger partial charge in [0.05, 0.1) is 10.7 Å². The average molecular weight is 185 g/mol. The van der Waals surface area contributed by atoms with Crippen molar-refractivity contribution in [2.24, 2.45) is 0 Å². The molecule has 0 aliphatic rings. The molecule has 0 heterocycles. The molecule has 0 amide bonds. The van der Waals surface area contributed by atoms with Crippen LogP contribution in [0.3, 0.4) is 0 Å². The smallest absolute Gasteiger partial charge is 0.0655 e. The zero-order valence-electron chi connectivity index (χ0n) is 7.10. The second kappa shape index (κ2) is 4.21. The van der Waals surface area contributed by atoms with Crippen molar-refractivity contribution in [3.05, 3.63) is 23.2 Å². The second-order valence-electron chi connectivity index (χ2n) is 2.66. The molecule has 0 atom stereocenters. The maximum atomic E-state index is 5.83. The lowest BCUT2D eigenvalue weighted by Gasteiger charge is -2.05. The number of hydrogen-bond donors (Lipinski definition) is 2. The van der Waals surface area contributed by atoms with Gasteiger partial charge < -0.3 is 11.1 Å². The summed E-state index contributed by atoms with van der Waals surface area (Å²) in [6.45, 7) is 3.08. The lowest BCUT2D eigenvalue weighted by atomic mass is 10.3. The SMILES string of the molecule is CCCNc1ccc(N)c(Cl)c1. The van der Waals surface area contributed by atoms with Crippen LogP contribution in [-0.4, -0.2) is 6.54 Å². The molecule has 0 radical (unpaired) electrons. The first-order valence-electron chi connectivity index (χ1n) is 4.03. The van der Waals surface area contributed by atoms with Crippen LogP contribution in [0.1, 0.15) is 13.3 Å². The number of nitrogen functional groups attached to an aromatic ring is 1. The summed E-state index contributed by atoms with van der Waals surface area (Å²) in [5, 5.41) is 3.83. The van der Waals surface area contributed by atoms with E-state index >= 15 is 0 Å². The molecule has 0 aliphatic heterocycles. The van der Waals surface area contributed by atoms with Gasteiger partial charge in [0.2, 0.25) is 0 Å². The van der Waals surface area contributed by atoms with Gasteiger partial charge in [-0.25, -0.2) is 0 Å². The fourth-order valence-corrected chi connectivity index (χ4v) is 1.09. The molecule has 0 aliphatic carbocycles. The van der Waals surface area contributed by atoms with Crippen LogP contribution in [0.2, 0.25) is 5.02 Å². The van der Waals surface area contributed by atoms with Gasteiger partial charge in [0.15, 0.2) is 0 Å². The highest BCUT2D eigenvalue weighted by molar-refractivity contribution is 6.33. The molecule has 0 unspecified atom stereocenters. The first kappa shape index (κ1) is 9.20. The molecule has 0 saturated heterocycles. The van der Waals surface area contributed by atoms with E-state index in [1.807, 2.05) is 12.1 Å². The molecule has 0 fully saturated rings. The predicted molar refractivity (Wildman–Crippen MR) is 54.6 cm³/mol. The Hall–Kier alpha value is -0.890. The fourth-order valence-electron chi connectivity index (χ4n) is 0.906. The molecule has 1 aromatic carbocycles. The molecular weight excluding hydrogens is 172 g/mol. The van der Waals surface area contributed by atoms with Gasteiger partial charge in [-0.05, 0) is 24.6 Å². The predicted octanol–water partition coefficient (Wildman–Crippen LogP) is 2.74. The van der Waals surface area contributed by atoms with Crippen LogP contribution in [0.25, 0.3) is 0 Å². The number of hydrogen-bond acceptors (Lipinski definition) is 2. The van der Waals surface area contributed by atoms with E-state index in [0.717, 1.165) is 18.7 Å². The molecule has 3 N–H and O–H groups in total. The van der Waals surface area contributed by atoms with E-state index in [-0.39, 0.29) is 0 Å². The number of benzene rings is 1. The number of nitrogens with two attached hydrogens (primary N) is 1. The minimum Gasteiger partial charge on any atom is -0.398 e. The minimum absolute atomic E-state index is 0.608. The quantitative estimate of drug-likeness (QED) is 0.709. The van der Waals surface area contributed by atoms with Gasteiger partial charge in [-0.3, -0.25) is 0 Å². The molecule has 2 nitrogen and oxygen atoms in total. The van der Waals surface area contributed by atoms with Crippen molar-refractivity contribution in [1.29, 1.82) is 0 Å². The normalized spacial score (nSPS) is 9.83. The Balaban J connectivity index is 2.69. The minimum atomic E-state index is 0.608. The summed E-state index contributed by atoms with van der Waals surface area (Å²) >= 11 is 5.83. The van der Waals surface area contributed by atoms with Gasteiger partial charge in [0, 0.05) is 12.2 Å².